The van der Waals surface area contributed by atoms with Gasteiger partial charge in [-0.1, -0.05) is 30.3 Å². The minimum atomic E-state index is -1.19. The van der Waals surface area contributed by atoms with Crippen molar-refractivity contribution in [2.75, 3.05) is 21.3 Å². The molecule has 9 heteroatoms. The number of Topliss-reactive ketones (excluding diaryl/α,β-unsaturated/α-hetero) is 1. The summed E-state index contributed by atoms with van der Waals surface area (Å²) in [5.74, 6) is -2.20. The largest absolute Gasteiger partial charge is 0.493 e. The molecule has 0 bridgehead atoms. The van der Waals surface area contributed by atoms with Crippen molar-refractivity contribution in [2.24, 2.45) is 0 Å². The van der Waals surface area contributed by atoms with Gasteiger partial charge in [-0.25, -0.2) is 4.79 Å². The molecule has 38 heavy (non-hydrogen) atoms. The maximum absolute atomic E-state index is 13.8. The Kier molecular flexibility index (Phi) is 8.25. The van der Waals surface area contributed by atoms with Crippen LogP contribution in [0.1, 0.15) is 45.9 Å². The molecule has 1 unspecified atom stereocenters. The van der Waals surface area contributed by atoms with Crippen LogP contribution in [0.4, 0.5) is 0 Å². The first-order valence-corrected chi connectivity index (χ1v) is 12.3. The number of pyridine rings is 1. The first-order valence-electron chi connectivity index (χ1n) is 12.3. The first kappa shape index (κ1) is 26.7. The molecule has 4 rings (SSSR count). The number of hydrogen-bond acceptors (Lipinski definition) is 7. The van der Waals surface area contributed by atoms with Gasteiger partial charge in [0.2, 0.25) is 5.75 Å². The molecule has 1 N–H and O–H groups in total. The molecule has 0 radical (unpaired) electrons. The zero-order chi connectivity index (χ0) is 27.2. The lowest BCUT2D eigenvalue weighted by molar-refractivity contribution is -0.151. The highest BCUT2D eigenvalue weighted by Gasteiger charge is 2.43. The van der Waals surface area contributed by atoms with E-state index in [4.69, 9.17) is 14.2 Å². The fourth-order valence-electron chi connectivity index (χ4n) is 5.00. The van der Waals surface area contributed by atoms with E-state index in [2.05, 4.69) is 4.98 Å². The van der Waals surface area contributed by atoms with Crippen LogP contribution in [0.5, 0.6) is 17.2 Å². The van der Waals surface area contributed by atoms with Gasteiger partial charge in [0.05, 0.1) is 27.4 Å². The van der Waals surface area contributed by atoms with Crippen LogP contribution < -0.4 is 14.2 Å². The third-order valence-electron chi connectivity index (χ3n) is 6.81. The number of rotatable bonds is 10. The fourth-order valence-corrected chi connectivity index (χ4v) is 5.00. The molecule has 0 saturated heterocycles. The van der Waals surface area contributed by atoms with Gasteiger partial charge in [0.25, 0.3) is 11.7 Å². The smallest absolute Gasteiger partial charge is 0.326 e. The van der Waals surface area contributed by atoms with Crippen molar-refractivity contribution in [3.8, 4) is 17.2 Å². The molecule has 3 aromatic rings. The van der Waals surface area contributed by atoms with Gasteiger partial charge in [-0.2, -0.15) is 0 Å². The molecule has 1 amide bonds. The number of carboxylic acid groups (broad SMARTS) is 1. The van der Waals surface area contributed by atoms with Crippen molar-refractivity contribution in [3.05, 3.63) is 83.2 Å². The van der Waals surface area contributed by atoms with Crippen molar-refractivity contribution in [1.82, 2.24) is 9.88 Å². The van der Waals surface area contributed by atoms with Crippen molar-refractivity contribution >= 4 is 17.7 Å². The lowest BCUT2D eigenvalue weighted by Crippen LogP contribution is -2.53. The van der Waals surface area contributed by atoms with Crippen LogP contribution >= 0.6 is 0 Å². The maximum atomic E-state index is 13.8. The van der Waals surface area contributed by atoms with E-state index in [9.17, 15) is 19.5 Å². The number of nitrogens with zero attached hydrogens (tertiary/aromatic N) is 2. The summed E-state index contributed by atoms with van der Waals surface area (Å²) in [7, 11) is 4.26. The van der Waals surface area contributed by atoms with E-state index >= 15 is 0 Å². The predicted molar refractivity (Wildman–Crippen MR) is 139 cm³/mol. The molecule has 1 aliphatic heterocycles. The number of aryl methyl sites for hydroxylation is 1. The molecule has 9 nitrogen and oxygen atoms in total. The highest BCUT2D eigenvalue weighted by molar-refractivity contribution is 6.43. The molecule has 0 fully saturated rings. The van der Waals surface area contributed by atoms with E-state index in [1.807, 2.05) is 36.4 Å². The highest BCUT2D eigenvalue weighted by Crippen LogP contribution is 2.40. The van der Waals surface area contributed by atoms with Crippen LogP contribution in [-0.4, -0.2) is 60.0 Å². The van der Waals surface area contributed by atoms with Gasteiger partial charge in [-0.05, 0) is 54.2 Å². The molecule has 0 saturated carbocycles. The average molecular weight is 519 g/mol. The standard InChI is InChI=1S/C29H30N2O7/c1-36-24-15-20(16-25(37-2)27(24)38-3)26(32)28(33)31-22(12-6-8-18-9-7-13-30-17-18)21-11-5-4-10-19(21)14-23(31)29(34)35/h4-5,7,9-11,13,15-17,22-23H,6,8,12,14H2,1-3H3,(H,34,35)/t22?,23-/m0/s1. The van der Waals surface area contributed by atoms with E-state index in [1.165, 1.54) is 38.4 Å². The van der Waals surface area contributed by atoms with Gasteiger partial charge in [0.1, 0.15) is 6.04 Å². The average Bonchev–Trinajstić information content (AvgIpc) is 2.95. The third kappa shape index (κ3) is 5.32. The summed E-state index contributed by atoms with van der Waals surface area (Å²) in [6, 6.07) is 12.3. The molecule has 2 heterocycles. The lowest BCUT2D eigenvalue weighted by Gasteiger charge is -2.41. The van der Waals surface area contributed by atoms with E-state index in [0.29, 0.717) is 19.3 Å². The minimum Gasteiger partial charge on any atom is -0.493 e. The second-order valence-corrected chi connectivity index (χ2v) is 8.98. The number of fused-ring (bicyclic) bond motifs is 1. The second kappa shape index (κ2) is 11.8. The number of carbonyl (C=O) groups excluding carboxylic acids is 2. The number of benzene rings is 2. The van der Waals surface area contributed by atoms with Gasteiger partial charge >= 0.3 is 5.97 Å². The van der Waals surface area contributed by atoms with Gasteiger partial charge in [-0.15, -0.1) is 0 Å². The molecule has 198 valence electrons. The zero-order valence-corrected chi connectivity index (χ0v) is 21.5. The summed E-state index contributed by atoms with van der Waals surface area (Å²) in [5, 5.41) is 10.1. The highest BCUT2D eigenvalue weighted by atomic mass is 16.5. The van der Waals surface area contributed by atoms with Crippen LogP contribution in [0.3, 0.4) is 0 Å². The topological polar surface area (TPSA) is 115 Å². The molecule has 2 atom stereocenters. The first-order chi connectivity index (χ1) is 18.4. The third-order valence-corrected chi connectivity index (χ3v) is 6.81. The number of ketones is 1. The molecular formula is C29H30N2O7. The Labute approximate surface area is 221 Å². The molecular weight excluding hydrogens is 488 g/mol. The number of methoxy groups -OCH3 is 3. The van der Waals surface area contributed by atoms with Crippen molar-refractivity contribution in [1.29, 1.82) is 0 Å². The number of carbonyl (C=O) groups is 3. The Morgan fingerprint density at radius 3 is 2.32 bits per heavy atom. The Hall–Kier alpha value is -4.40. The monoisotopic (exact) mass is 518 g/mol. The van der Waals surface area contributed by atoms with Crippen LogP contribution in [-0.2, 0) is 22.4 Å². The second-order valence-electron chi connectivity index (χ2n) is 8.98. The van der Waals surface area contributed by atoms with E-state index in [1.54, 1.807) is 12.4 Å². The lowest BCUT2D eigenvalue weighted by atomic mass is 9.85. The molecule has 0 aliphatic carbocycles. The summed E-state index contributed by atoms with van der Waals surface area (Å²) in [4.78, 5) is 45.1. The number of aliphatic carboxylic acids is 1. The number of amides is 1. The molecule has 1 aromatic heterocycles. The minimum absolute atomic E-state index is 0.0154. The summed E-state index contributed by atoms with van der Waals surface area (Å²) >= 11 is 0. The number of hydrogen-bond donors (Lipinski definition) is 1. The van der Waals surface area contributed by atoms with Gasteiger partial charge < -0.3 is 24.2 Å². The molecule has 2 aromatic carbocycles. The Bertz CT molecular complexity index is 1300. The van der Waals surface area contributed by atoms with Crippen LogP contribution in [0.25, 0.3) is 0 Å². The Balaban J connectivity index is 1.71. The predicted octanol–water partition coefficient (Wildman–Crippen LogP) is 3.89. The van der Waals surface area contributed by atoms with Gasteiger partial charge in [0, 0.05) is 24.4 Å². The van der Waals surface area contributed by atoms with E-state index < -0.39 is 29.7 Å². The summed E-state index contributed by atoms with van der Waals surface area (Å²) in [5.41, 5.74) is 2.76. The Morgan fingerprint density at radius 1 is 1.00 bits per heavy atom. The van der Waals surface area contributed by atoms with Crippen LogP contribution in [0.15, 0.2) is 60.9 Å². The maximum Gasteiger partial charge on any atom is 0.326 e. The number of carboxylic acids is 1. The zero-order valence-electron chi connectivity index (χ0n) is 21.5. The molecule has 0 spiro atoms. The van der Waals surface area contributed by atoms with Crippen molar-refractivity contribution in [2.45, 2.75) is 37.8 Å². The number of ether oxygens (including phenoxy) is 3. The SMILES string of the molecule is COc1cc(C(=O)C(=O)N2C(CCCc3cccnc3)c3ccccc3C[C@H]2C(=O)O)cc(OC)c1OC. The van der Waals surface area contributed by atoms with Crippen LogP contribution in [0, 0.1) is 0 Å². The van der Waals surface area contributed by atoms with Gasteiger partial charge in [-0.3, -0.25) is 14.6 Å². The quantitative estimate of drug-likeness (QED) is 0.318. The fraction of sp³-hybridized carbons (Fsp3) is 0.310. The van der Waals surface area contributed by atoms with Crippen molar-refractivity contribution < 1.29 is 33.7 Å². The summed E-state index contributed by atoms with van der Waals surface area (Å²) in [6.45, 7) is 0. The van der Waals surface area contributed by atoms with E-state index in [0.717, 1.165) is 16.7 Å². The number of aromatic nitrogens is 1. The summed E-state index contributed by atoms with van der Waals surface area (Å²) < 4.78 is 16.0. The van der Waals surface area contributed by atoms with E-state index in [-0.39, 0.29) is 29.2 Å². The van der Waals surface area contributed by atoms with Crippen molar-refractivity contribution in [3.63, 3.8) is 0 Å². The normalized spacial score (nSPS) is 16.3. The van der Waals surface area contributed by atoms with Gasteiger partial charge in [0.15, 0.2) is 11.5 Å². The Morgan fingerprint density at radius 2 is 1.71 bits per heavy atom. The molecule has 1 aliphatic rings. The van der Waals surface area contributed by atoms with Crippen LogP contribution in [0.2, 0.25) is 0 Å². The summed E-state index contributed by atoms with van der Waals surface area (Å²) in [6.07, 6.45) is 5.44.